The van der Waals surface area contributed by atoms with Crippen LogP contribution in [0.15, 0.2) is 24.3 Å². The summed E-state index contributed by atoms with van der Waals surface area (Å²) in [5.74, 6) is 0.549. The van der Waals surface area contributed by atoms with Crippen LogP contribution in [0.25, 0.3) is 0 Å². The lowest BCUT2D eigenvalue weighted by Gasteiger charge is -2.09. The molecule has 1 aromatic carbocycles. The van der Waals surface area contributed by atoms with Crippen molar-refractivity contribution in [1.29, 1.82) is 0 Å². The normalized spacial score (nSPS) is 18.6. The van der Waals surface area contributed by atoms with Crippen molar-refractivity contribution < 1.29 is 19.1 Å². The topological polar surface area (TPSA) is 52.6 Å². The highest BCUT2D eigenvalue weighted by Gasteiger charge is 2.23. The Balaban J connectivity index is 1.91. The summed E-state index contributed by atoms with van der Waals surface area (Å²) in [4.78, 5) is 23.0. The van der Waals surface area contributed by atoms with Crippen molar-refractivity contribution in [3.63, 3.8) is 0 Å². The fraction of sp³-hybridized carbons (Fsp3) is 0.429. The van der Waals surface area contributed by atoms with Crippen molar-refractivity contribution in [2.24, 2.45) is 5.92 Å². The molecule has 18 heavy (non-hydrogen) atoms. The van der Waals surface area contributed by atoms with Gasteiger partial charge >= 0.3 is 0 Å². The van der Waals surface area contributed by atoms with Crippen molar-refractivity contribution in [1.82, 2.24) is 0 Å². The van der Waals surface area contributed by atoms with E-state index in [2.05, 4.69) is 0 Å². The highest BCUT2D eigenvalue weighted by atomic mass is 16.5. The molecule has 4 heteroatoms. The largest absolute Gasteiger partial charge is 0.486 e. The van der Waals surface area contributed by atoms with Crippen molar-refractivity contribution >= 4 is 11.6 Å². The minimum atomic E-state index is -0.0408. The molecule has 0 N–H and O–H groups in total. The number of hydrogen-bond donors (Lipinski definition) is 0. The van der Waals surface area contributed by atoms with E-state index >= 15 is 0 Å². The summed E-state index contributed by atoms with van der Waals surface area (Å²) < 4.78 is 10.6. The molecule has 1 aliphatic rings. The Kier molecular flexibility index (Phi) is 4.10. The molecule has 1 fully saturated rings. The Morgan fingerprint density at radius 2 is 2.28 bits per heavy atom. The Labute approximate surface area is 106 Å². The molecule has 0 spiro atoms. The smallest absolute Gasteiger partial charge is 0.175 e. The zero-order valence-electron chi connectivity index (χ0n) is 10.3. The summed E-state index contributed by atoms with van der Waals surface area (Å²) in [5.41, 5.74) is 0.587. The Hall–Kier alpha value is -1.68. The second kappa shape index (κ2) is 5.78. The average molecular weight is 248 g/mol. The van der Waals surface area contributed by atoms with Crippen LogP contribution in [0, 0.1) is 5.92 Å². The van der Waals surface area contributed by atoms with Gasteiger partial charge in [0.1, 0.15) is 12.4 Å². The van der Waals surface area contributed by atoms with E-state index in [1.807, 2.05) is 0 Å². The highest BCUT2D eigenvalue weighted by molar-refractivity contribution is 5.94. The van der Waals surface area contributed by atoms with Crippen LogP contribution in [-0.2, 0) is 9.53 Å². The second-order valence-electron chi connectivity index (χ2n) is 4.40. The quantitative estimate of drug-likeness (QED) is 0.746. The van der Waals surface area contributed by atoms with E-state index in [4.69, 9.17) is 9.47 Å². The molecule has 0 amide bonds. The maximum atomic E-state index is 11.8. The number of ether oxygens (including phenoxy) is 2. The summed E-state index contributed by atoms with van der Waals surface area (Å²) in [6.07, 6.45) is 0.773. The van der Waals surface area contributed by atoms with Crippen LogP contribution in [0.1, 0.15) is 23.7 Å². The molecule has 2 rings (SSSR count). The van der Waals surface area contributed by atoms with Gasteiger partial charge in [-0.1, -0.05) is 12.1 Å². The molecule has 1 saturated heterocycles. The molecule has 1 unspecified atom stereocenters. The fourth-order valence-electron chi connectivity index (χ4n) is 1.87. The average Bonchev–Trinajstić information content (AvgIpc) is 2.90. The van der Waals surface area contributed by atoms with Gasteiger partial charge in [0.2, 0.25) is 0 Å². The molecular formula is C14H16O4. The summed E-state index contributed by atoms with van der Waals surface area (Å²) in [5, 5.41) is 0. The summed E-state index contributed by atoms with van der Waals surface area (Å²) in [6, 6.07) is 6.86. The van der Waals surface area contributed by atoms with Crippen molar-refractivity contribution in [2.45, 2.75) is 13.3 Å². The van der Waals surface area contributed by atoms with Crippen LogP contribution in [0.4, 0.5) is 0 Å². The van der Waals surface area contributed by atoms with Crippen molar-refractivity contribution in [3.8, 4) is 5.75 Å². The summed E-state index contributed by atoms with van der Waals surface area (Å²) >= 11 is 0. The van der Waals surface area contributed by atoms with Gasteiger partial charge in [0.05, 0.1) is 6.61 Å². The molecule has 1 aliphatic heterocycles. The first kappa shape index (κ1) is 12.8. The molecule has 0 bridgehead atoms. The van der Waals surface area contributed by atoms with Gasteiger partial charge in [-0.2, -0.15) is 0 Å². The van der Waals surface area contributed by atoms with Gasteiger partial charge in [0, 0.05) is 18.1 Å². The number of carbonyl (C=O) groups excluding carboxylic acids is 2. The predicted molar refractivity (Wildman–Crippen MR) is 65.9 cm³/mol. The van der Waals surface area contributed by atoms with E-state index < -0.39 is 0 Å². The minimum absolute atomic E-state index is 0.0176. The first-order chi connectivity index (χ1) is 8.66. The predicted octanol–water partition coefficient (Wildman–Crippen LogP) is 1.87. The zero-order valence-corrected chi connectivity index (χ0v) is 10.3. The monoisotopic (exact) mass is 248 g/mol. The van der Waals surface area contributed by atoms with Crippen LogP contribution in [0.5, 0.6) is 5.75 Å². The molecule has 96 valence electrons. The lowest BCUT2D eigenvalue weighted by Crippen LogP contribution is -2.21. The first-order valence-corrected chi connectivity index (χ1v) is 6.01. The number of ketones is 2. The van der Waals surface area contributed by atoms with Gasteiger partial charge in [0.25, 0.3) is 0 Å². The zero-order chi connectivity index (χ0) is 13.0. The van der Waals surface area contributed by atoms with Crippen molar-refractivity contribution in [3.05, 3.63) is 29.8 Å². The second-order valence-corrected chi connectivity index (χ2v) is 4.40. The SMILES string of the molecule is CC(=O)c1cccc(OCC(=O)C2CCOC2)c1. The third-order valence-corrected chi connectivity index (χ3v) is 3.01. The molecule has 1 atom stereocenters. The standard InChI is InChI=1S/C14H16O4/c1-10(15)11-3-2-4-13(7-11)18-9-14(16)12-5-6-17-8-12/h2-4,7,12H,5-6,8-9H2,1H3. The Bertz CT molecular complexity index is 447. The van der Waals surface area contributed by atoms with E-state index in [1.165, 1.54) is 6.92 Å². The van der Waals surface area contributed by atoms with Crippen LogP contribution in [0.2, 0.25) is 0 Å². The molecule has 1 aromatic rings. The van der Waals surface area contributed by atoms with Gasteiger partial charge in [-0.15, -0.1) is 0 Å². The van der Waals surface area contributed by atoms with Gasteiger partial charge in [-0.3, -0.25) is 9.59 Å². The van der Waals surface area contributed by atoms with E-state index in [9.17, 15) is 9.59 Å². The number of carbonyl (C=O) groups is 2. The molecule has 0 aliphatic carbocycles. The molecule has 0 aromatic heterocycles. The molecule has 0 radical (unpaired) electrons. The number of hydrogen-bond acceptors (Lipinski definition) is 4. The highest BCUT2D eigenvalue weighted by Crippen LogP contribution is 2.16. The lowest BCUT2D eigenvalue weighted by atomic mass is 10.0. The maximum absolute atomic E-state index is 11.8. The van der Waals surface area contributed by atoms with Crippen LogP contribution >= 0.6 is 0 Å². The van der Waals surface area contributed by atoms with Gasteiger partial charge in [-0.25, -0.2) is 0 Å². The third kappa shape index (κ3) is 3.17. The van der Waals surface area contributed by atoms with Gasteiger partial charge in [-0.05, 0) is 25.5 Å². The third-order valence-electron chi connectivity index (χ3n) is 3.01. The van der Waals surface area contributed by atoms with Gasteiger partial charge in [0.15, 0.2) is 11.6 Å². The molecular weight excluding hydrogens is 232 g/mol. The number of Topliss-reactive ketones (excluding diaryl/α,β-unsaturated/α-hetero) is 2. The van der Waals surface area contributed by atoms with E-state index in [-0.39, 0.29) is 24.1 Å². The Morgan fingerprint density at radius 1 is 1.44 bits per heavy atom. The minimum Gasteiger partial charge on any atom is -0.486 e. The number of benzene rings is 1. The summed E-state index contributed by atoms with van der Waals surface area (Å²) in [6.45, 7) is 2.68. The van der Waals surface area contributed by atoms with E-state index in [0.717, 1.165) is 6.42 Å². The van der Waals surface area contributed by atoms with E-state index in [1.54, 1.807) is 24.3 Å². The van der Waals surface area contributed by atoms with Gasteiger partial charge < -0.3 is 9.47 Å². The molecule has 1 heterocycles. The summed E-state index contributed by atoms with van der Waals surface area (Å²) in [7, 11) is 0. The van der Waals surface area contributed by atoms with Crippen LogP contribution in [-0.4, -0.2) is 31.4 Å². The lowest BCUT2D eigenvalue weighted by molar-refractivity contribution is -0.124. The molecule has 4 nitrogen and oxygen atoms in total. The Morgan fingerprint density at radius 3 is 2.94 bits per heavy atom. The van der Waals surface area contributed by atoms with Crippen LogP contribution < -0.4 is 4.74 Å². The van der Waals surface area contributed by atoms with Crippen LogP contribution in [0.3, 0.4) is 0 Å². The van der Waals surface area contributed by atoms with E-state index in [0.29, 0.717) is 24.5 Å². The molecule has 0 saturated carbocycles. The first-order valence-electron chi connectivity index (χ1n) is 6.01. The maximum Gasteiger partial charge on any atom is 0.175 e. The number of rotatable bonds is 5. The van der Waals surface area contributed by atoms with Crippen molar-refractivity contribution in [2.75, 3.05) is 19.8 Å². The fourth-order valence-corrected chi connectivity index (χ4v) is 1.87.